The third-order valence-corrected chi connectivity index (χ3v) is 4.00. The van der Waals surface area contributed by atoms with E-state index in [1.807, 2.05) is 25.1 Å². The maximum Gasteiger partial charge on any atom is 0.253 e. The van der Waals surface area contributed by atoms with Crippen molar-refractivity contribution in [3.05, 3.63) is 63.7 Å². The molecule has 6 heteroatoms. The molecule has 2 aromatic rings. The van der Waals surface area contributed by atoms with Gasteiger partial charge in [0.1, 0.15) is 12.4 Å². The van der Waals surface area contributed by atoms with Gasteiger partial charge in [-0.05, 0) is 42.2 Å². The van der Waals surface area contributed by atoms with Gasteiger partial charge in [0.05, 0.1) is 17.1 Å². The number of carbonyl (C=O) groups is 1. The van der Waals surface area contributed by atoms with Crippen molar-refractivity contribution in [3.63, 3.8) is 0 Å². The molecule has 0 saturated carbocycles. The number of benzene rings is 2. The Labute approximate surface area is 151 Å². The van der Waals surface area contributed by atoms with Crippen LogP contribution in [0.15, 0.2) is 30.3 Å². The summed E-state index contributed by atoms with van der Waals surface area (Å²) in [5.41, 5.74) is 2.05. The zero-order valence-electron chi connectivity index (χ0n) is 14.3. The zero-order chi connectivity index (χ0) is 18.6. The number of nitrogens with one attached hydrogen (secondary N) is 1. The van der Waals surface area contributed by atoms with E-state index in [2.05, 4.69) is 19.2 Å². The first-order valence-corrected chi connectivity index (χ1v) is 8.33. The maximum absolute atomic E-state index is 13.2. The summed E-state index contributed by atoms with van der Waals surface area (Å²) < 4.78 is 32.0. The number of aryl methyl sites for hydroxylation is 1. The topological polar surface area (TPSA) is 38.3 Å². The van der Waals surface area contributed by atoms with E-state index in [0.717, 1.165) is 29.0 Å². The summed E-state index contributed by atoms with van der Waals surface area (Å²) in [5.74, 6) is -1.71. The Morgan fingerprint density at radius 3 is 2.56 bits per heavy atom. The molecule has 0 bridgehead atoms. The van der Waals surface area contributed by atoms with E-state index in [1.54, 1.807) is 0 Å². The molecular weight excluding hydrogens is 348 g/mol. The lowest BCUT2D eigenvalue weighted by molar-refractivity contribution is 0.0946. The summed E-state index contributed by atoms with van der Waals surface area (Å²) in [6.45, 7) is 6.58. The number of ether oxygens (including phenoxy) is 1. The molecular formula is C19H20ClF2NO2. The molecule has 3 nitrogen and oxygen atoms in total. The highest BCUT2D eigenvalue weighted by Crippen LogP contribution is 2.27. The Hall–Kier alpha value is -2.14. The molecule has 0 radical (unpaired) electrons. The number of carbonyl (C=O) groups excluding carboxylic acids is 1. The van der Waals surface area contributed by atoms with Gasteiger partial charge in [-0.2, -0.15) is 0 Å². The lowest BCUT2D eigenvalue weighted by Crippen LogP contribution is -2.28. The summed E-state index contributed by atoms with van der Waals surface area (Å²) in [6.07, 6.45) is 0. The van der Waals surface area contributed by atoms with Crippen molar-refractivity contribution < 1.29 is 18.3 Å². The molecule has 0 aliphatic carbocycles. The fraction of sp³-hybridized carbons (Fsp3) is 0.316. The average Bonchev–Trinajstić information content (AvgIpc) is 2.54. The van der Waals surface area contributed by atoms with Crippen molar-refractivity contribution in [1.82, 2.24) is 5.32 Å². The van der Waals surface area contributed by atoms with Crippen LogP contribution >= 0.6 is 11.6 Å². The SMILES string of the molecule is Cc1ccc(C(C)C)c(OCCNC(=O)c2cc(F)c(F)cc2Cl)c1. The highest BCUT2D eigenvalue weighted by Gasteiger charge is 2.15. The van der Waals surface area contributed by atoms with Gasteiger partial charge in [0, 0.05) is 0 Å². The predicted molar refractivity (Wildman–Crippen MR) is 94.5 cm³/mol. The number of rotatable bonds is 6. The Kier molecular flexibility index (Phi) is 6.37. The van der Waals surface area contributed by atoms with Gasteiger partial charge in [-0.1, -0.05) is 37.6 Å². The minimum atomic E-state index is -1.12. The van der Waals surface area contributed by atoms with Gasteiger partial charge in [0.15, 0.2) is 11.6 Å². The predicted octanol–water partition coefficient (Wildman–Crippen LogP) is 4.86. The van der Waals surface area contributed by atoms with Gasteiger partial charge in [-0.25, -0.2) is 8.78 Å². The molecule has 2 rings (SSSR count). The van der Waals surface area contributed by atoms with Gasteiger partial charge in [-0.15, -0.1) is 0 Å². The van der Waals surface area contributed by atoms with Crippen LogP contribution in [0.4, 0.5) is 8.78 Å². The van der Waals surface area contributed by atoms with Crippen LogP contribution in [0.2, 0.25) is 5.02 Å². The van der Waals surface area contributed by atoms with E-state index < -0.39 is 17.5 Å². The van der Waals surface area contributed by atoms with Crippen molar-refractivity contribution in [3.8, 4) is 5.75 Å². The third kappa shape index (κ3) is 4.92. The molecule has 0 unspecified atom stereocenters. The molecule has 1 amide bonds. The molecule has 2 aromatic carbocycles. The van der Waals surface area contributed by atoms with E-state index in [4.69, 9.17) is 16.3 Å². The van der Waals surface area contributed by atoms with Crippen molar-refractivity contribution >= 4 is 17.5 Å². The number of amides is 1. The molecule has 0 aliphatic heterocycles. The molecule has 25 heavy (non-hydrogen) atoms. The summed E-state index contributed by atoms with van der Waals surface area (Å²) in [6, 6.07) is 7.56. The third-order valence-electron chi connectivity index (χ3n) is 3.69. The second-order valence-corrected chi connectivity index (χ2v) is 6.45. The highest BCUT2D eigenvalue weighted by atomic mass is 35.5. The molecule has 0 aliphatic rings. The Morgan fingerprint density at radius 2 is 1.88 bits per heavy atom. The minimum absolute atomic E-state index is 0.112. The first-order chi connectivity index (χ1) is 11.8. The van der Waals surface area contributed by atoms with Crippen LogP contribution in [0.1, 0.15) is 41.3 Å². The van der Waals surface area contributed by atoms with Gasteiger partial charge in [0.25, 0.3) is 5.91 Å². The van der Waals surface area contributed by atoms with Gasteiger partial charge < -0.3 is 10.1 Å². The average molecular weight is 368 g/mol. The summed E-state index contributed by atoms with van der Waals surface area (Å²) >= 11 is 5.78. The number of halogens is 3. The van der Waals surface area contributed by atoms with E-state index in [-0.39, 0.29) is 23.7 Å². The largest absolute Gasteiger partial charge is 0.491 e. The zero-order valence-corrected chi connectivity index (χ0v) is 15.1. The maximum atomic E-state index is 13.2. The van der Waals surface area contributed by atoms with Crippen LogP contribution < -0.4 is 10.1 Å². The lowest BCUT2D eigenvalue weighted by Gasteiger charge is -2.15. The van der Waals surface area contributed by atoms with Crippen LogP contribution in [0.5, 0.6) is 5.75 Å². The normalized spacial score (nSPS) is 10.8. The summed E-state index contributed by atoms with van der Waals surface area (Å²) in [5, 5.41) is 2.44. The number of hydrogen-bond donors (Lipinski definition) is 1. The molecule has 0 fully saturated rings. The van der Waals surface area contributed by atoms with Crippen molar-refractivity contribution in [2.75, 3.05) is 13.2 Å². The van der Waals surface area contributed by atoms with Crippen LogP contribution in [-0.2, 0) is 0 Å². The fourth-order valence-electron chi connectivity index (χ4n) is 2.36. The van der Waals surface area contributed by atoms with Gasteiger partial charge in [0.2, 0.25) is 0 Å². The first kappa shape index (κ1) is 19.2. The van der Waals surface area contributed by atoms with Crippen LogP contribution in [0.25, 0.3) is 0 Å². The second-order valence-electron chi connectivity index (χ2n) is 6.05. The Bertz CT molecular complexity index is 778. The van der Waals surface area contributed by atoms with E-state index >= 15 is 0 Å². The fourth-order valence-corrected chi connectivity index (χ4v) is 2.60. The van der Waals surface area contributed by atoms with Crippen LogP contribution in [0.3, 0.4) is 0 Å². The minimum Gasteiger partial charge on any atom is -0.491 e. The van der Waals surface area contributed by atoms with Crippen molar-refractivity contribution in [2.45, 2.75) is 26.7 Å². The monoisotopic (exact) mass is 367 g/mol. The molecule has 134 valence electrons. The number of hydrogen-bond acceptors (Lipinski definition) is 2. The molecule has 0 saturated heterocycles. The van der Waals surface area contributed by atoms with E-state index in [0.29, 0.717) is 5.92 Å². The quantitative estimate of drug-likeness (QED) is 0.585. The van der Waals surface area contributed by atoms with Crippen molar-refractivity contribution in [2.24, 2.45) is 0 Å². The Morgan fingerprint density at radius 1 is 1.20 bits per heavy atom. The van der Waals surface area contributed by atoms with Gasteiger partial charge >= 0.3 is 0 Å². The first-order valence-electron chi connectivity index (χ1n) is 7.95. The smallest absolute Gasteiger partial charge is 0.253 e. The Balaban J connectivity index is 1.95. The summed E-state index contributed by atoms with van der Waals surface area (Å²) in [7, 11) is 0. The molecule has 0 aromatic heterocycles. The van der Waals surface area contributed by atoms with Crippen LogP contribution in [-0.4, -0.2) is 19.1 Å². The molecule has 0 spiro atoms. The second kappa shape index (κ2) is 8.30. The van der Waals surface area contributed by atoms with E-state index in [1.165, 1.54) is 0 Å². The highest BCUT2D eigenvalue weighted by molar-refractivity contribution is 6.33. The van der Waals surface area contributed by atoms with Crippen molar-refractivity contribution in [1.29, 1.82) is 0 Å². The standard InChI is InChI=1S/C19H20ClF2NO2/c1-11(2)13-5-4-12(3)8-18(13)25-7-6-23-19(24)14-9-16(21)17(22)10-15(14)20/h4-5,8-11H,6-7H2,1-3H3,(H,23,24). The molecule has 0 heterocycles. The van der Waals surface area contributed by atoms with Gasteiger partial charge in [-0.3, -0.25) is 4.79 Å². The van der Waals surface area contributed by atoms with Crippen LogP contribution in [0, 0.1) is 18.6 Å². The van der Waals surface area contributed by atoms with E-state index in [9.17, 15) is 13.6 Å². The lowest BCUT2D eigenvalue weighted by atomic mass is 10.0. The summed E-state index contributed by atoms with van der Waals surface area (Å²) in [4.78, 5) is 12.0. The molecule has 1 N–H and O–H groups in total. The molecule has 0 atom stereocenters.